The molecule has 0 N–H and O–H groups in total. The number of hydrogen-bond donors (Lipinski definition) is 0. The molecule has 0 saturated heterocycles. The van der Waals surface area contributed by atoms with E-state index >= 15 is 0 Å². The Morgan fingerprint density at radius 2 is 1.93 bits per heavy atom. The summed E-state index contributed by atoms with van der Waals surface area (Å²) in [5.74, 6) is 2.31. The van der Waals surface area contributed by atoms with E-state index in [0.29, 0.717) is 46.5 Å². The summed E-state index contributed by atoms with van der Waals surface area (Å²) in [7, 11) is 0. The number of nitrogens with zero attached hydrogens (tertiary/aromatic N) is 5. The summed E-state index contributed by atoms with van der Waals surface area (Å²) in [6.45, 7) is 11.0. The van der Waals surface area contributed by atoms with Gasteiger partial charge in [-0.1, -0.05) is 63.7 Å². The highest BCUT2D eigenvalue weighted by molar-refractivity contribution is 7.98. The lowest BCUT2D eigenvalue weighted by Gasteiger charge is -2.12. The fraction of sp³-hybridized carbons (Fsp3) is 0.474. The summed E-state index contributed by atoms with van der Waals surface area (Å²) in [4.78, 5) is 4.45. The Bertz CT molecular complexity index is 913. The molecule has 3 aromatic rings. The summed E-state index contributed by atoms with van der Waals surface area (Å²) in [6.07, 6.45) is 0. The second kappa shape index (κ2) is 7.80. The summed E-state index contributed by atoms with van der Waals surface area (Å²) in [5, 5.41) is 13.3. The molecular formula is C19H24FN5OS. The first-order valence-corrected chi connectivity index (χ1v) is 9.88. The molecule has 0 aliphatic rings. The average Bonchev–Trinajstić information content (AvgIpc) is 3.20. The lowest BCUT2D eigenvalue weighted by molar-refractivity contribution is 0.319. The predicted octanol–water partition coefficient (Wildman–Crippen LogP) is 4.71. The van der Waals surface area contributed by atoms with Gasteiger partial charge >= 0.3 is 0 Å². The third kappa shape index (κ3) is 4.55. The van der Waals surface area contributed by atoms with Crippen molar-refractivity contribution in [1.82, 2.24) is 24.9 Å². The van der Waals surface area contributed by atoms with Gasteiger partial charge < -0.3 is 9.09 Å². The quantitative estimate of drug-likeness (QED) is 0.569. The fourth-order valence-electron chi connectivity index (χ4n) is 2.51. The first-order valence-electron chi connectivity index (χ1n) is 8.89. The first kappa shape index (κ1) is 19.5. The largest absolute Gasteiger partial charge is 0.339 e. The maximum atomic E-state index is 14.2. The Hall–Kier alpha value is -2.22. The molecular weight excluding hydrogens is 365 g/mol. The monoisotopic (exact) mass is 389 g/mol. The zero-order chi connectivity index (χ0) is 19.6. The zero-order valence-electron chi connectivity index (χ0n) is 16.2. The van der Waals surface area contributed by atoms with E-state index in [1.54, 1.807) is 18.2 Å². The molecule has 0 radical (unpaired) electrons. The van der Waals surface area contributed by atoms with Gasteiger partial charge in [-0.2, -0.15) is 4.98 Å². The lowest BCUT2D eigenvalue weighted by atomic mass is 9.97. The van der Waals surface area contributed by atoms with Crippen LogP contribution in [-0.4, -0.2) is 24.9 Å². The van der Waals surface area contributed by atoms with E-state index in [1.807, 2.05) is 25.3 Å². The van der Waals surface area contributed by atoms with Crippen LogP contribution in [0.15, 0.2) is 33.9 Å². The first-order chi connectivity index (χ1) is 12.8. The summed E-state index contributed by atoms with van der Waals surface area (Å²) < 4.78 is 21.5. The van der Waals surface area contributed by atoms with E-state index in [1.165, 1.54) is 17.8 Å². The lowest BCUT2D eigenvalue weighted by Crippen LogP contribution is -2.11. The molecule has 0 aliphatic heterocycles. The number of hydrogen-bond acceptors (Lipinski definition) is 6. The van der Waals surface area contributed by atoms with E-state index < -0.39 is 0 Å². The van der Waals surface area contributed by atoms with Crippen LogP contribution in [0.4, 0.5) is 4.39 Å². The van der Waals surface area contributed by atoms with Gasteiger partial charge in [0.25, 0.3) is 0 Å². The van der Waals surface area contributed by atoms with Crippen molar-refractivity contribution >= 4 is 11.8 Å². The molecule has 1 aromatic carbocycles. The molecule has 8 heteroatoms. The summed E-state index contributed by atoms with van der Waals surface area (Å²) >= 11 is 1.47. The topological polar surface area (TPSA) is 69.6 Å². The number of thioether (sulfide) groups is 1. The van der Waals surface area contributed by atoms with Gasteiger partial charge in [-0.25, -0.2) is 4.39 Å². The third-order valence-electron chi connectivity index (χ3n) is 3.82. The molecule has 3 rings (SSSR count). The minimum Gasteiger partial charge on any atom is -0.339 e. The average molecular weight is 390 g/mol. The standard InChI is InChI=1S/C19H24FN5OS/c1-12(2)10-25-16(13-8-6-7-9-14(13)20)22-23-18(25)27-11-15-21-17(26-24-15)19(3,4)5/h6-9,12H,10-11H2,1-5H3. The molecule has 0 atom stereocenters. The number of rotatable bonds is 6. The fourth-order valence-corrected chi connectivity index (χ4v) is 3.30. The molecule has 6 nitrogen and oxygen atoms in total. The van der Waals surface area contributed by atoms with Gasteiger partial charge in [-0.15, -0.1) is 10.2 Å². The third-order valence-corrected chi connectivity index (χ3v) is 4.78. The van der Waals surface area contributed by atoms with Crippen molar-refractivity contribution in [3.63, 3.8) is 0 Å². The molecule has 27 heavy (non-hydrogen) atoms. The van der Waals surface area contributed by atoms with Crippen molar-refractivity contribution in [3.8, 4) is 11.4 Å². The Kier molecular flexibility index (Phi) is 5.64. The molecule has 0 aliphatic carbocycles. The van der Waals surface area contributed by atoms with E-state index in [0.717, 1.165) is 0 Å². The number of halogens is 1. The molecule has 0 amide bonds. The number of aromatic nitrogens is 5. The van der Waals surface area contributed by atoms with Crippen LogP contribution in [0.1, 0.15) is 46.3 Å². The van der Waals surface area contributed by atoms with Crippen LogP contribution < -0.4 is 0 Å². The summed E-state index contributed by atoms with van der Waals surface area (Å²) in [6, 6.07) is 6.62. The second-order valence-corrected chi connectivity index (χ2v) is 8.79. The van der Waals surface area contributed by atoms with Gasteiger partial charge in [0.05, 0.1) is 11.3 Å². The van der Waals surface area contributed by atoms with E-state index in [-0.39, 0.29) is 11.2 Å². The number of benzene rings is 1. The Morgan fingerprint density at radius 1 is 1.19 bits per heavy atom. The van der Waals surface area contributed by atoms with Crippen LogP contribution in [0.25, 0.3) is 11.4 Å². The van der Waals surface area contributed by atoms with Crippen LogP contribution in [0.3, 0.4) is 0 Å². The SMILES string of the molecule is CC(C)Cn1c(SCc2noc(C(C)(C)C)n2)nnc1-c1ccccc1F. The highest BCUT2D eigenvalue weighted by Crippen LogP contribution is 2.29. The molecule has 2 aromatic heterocycles. The maximum Gasteiger partial charge on any atom is 0.232 e. The zero-order valence-corrected chi connectivity index (χ0v) is 17.0. The smallest absolute Gasteiger partial charge is 0.232 e. The van der Waals surface area contributed by atoms with E-state index in [2.05, 4.69) is 34.2 Å². The van der Waals surface area contributed by atoms with Crippen LogP contribution in [-0.2, 0) is 17.7 Å². The Balaban J connectivity index is 1.85. The van der Waals surface area contributed by atoms with Gasteiger partial charge in [0.15, 0.2) is 16.8 Å². The van der Waals surface area contributed by atoms with Gasteiger partial charge in [0.1, 0.15) is 5.82 Å². The maximum absolute atomic E-state index is 14.2. The molecule has 2 heterocycles. The Labute approximate surface area is 162 Å². The molecule has 0 bridgehead atoms. The van der Waals surface area contributed by atoms with Crippen molar-refractivity contribution in [1.29, 1.82) is 0 Å². The minimum atomic E-state index is -0.306. The highest BCUT2D eigenvalue weighted by atomic mass is 32.2. The normalized spacial score (nSPS) is 12.1. The van der Waals surface area contributed by atoms with E-state index in [9.17, 15) is 4.39 Å². The van der Waals surface area contributed by atoms with Crippen molar-refractivity contribution in [2.75, 3.05) is 0 Å². The van der Waals surface area contributed by atoms with Crippen LogP contribution in [0, 0.1) is 11.7 Å². The van der Waals surface area contributed by atoms with Crippen molar-refractivity contribution in [2.24, 2.45) is 5.92 Å². The summed E-state index contributed by atoms with van der Waals surface area (Å²) in [5.41, 5.74) is 0.262. The highest BCUT2D eigenvalue weighted by Gasteiger charge is 2.23. The van der Waals surface area contributed by atoms with Crippen molar-refractivity contribution in [3.05, 3.63) is 41.8 Å². The molecule has 0 spiro atoms. The van der Waals surface area contributed by atoms with Gasteiger partial charge in [-0.3, -0.25) is 0 Å². The molecule has 144 valence electrons. The van der Waals surface area contributed by atoms with Gasteiger partial charge in [0, 0.05) is 12.0 Å². The molecule has 0 saturated carbocycles. The second-order valence-electron chi connectivity index (χ2n) is 7.84. The van der Waals surface area contributed by atoms with Crippen LogP contribution in [0.5, 0.6) is 0 Å². The molecule has 0 unspecified atom stereocenters. The predicted molar refractivity (Wildman–Crippen MR) is 103 cm³/mol. The van der Waals surface area contributed by atoms with E-state index in [4.69, 9.17) is 4.52 Å². The van der Waals surface area contributed by atoms with Crippen molar-refractivity contribution < 1.29 is 8.91 Å². The Morgan fingerprint density at radius 3 is 2.56 bits per heavy atom. The molecule has 0 fully saturated rings. The van der Waals surface area contributed by atoms with Crippen LogP contribution in [0.2, 0.25) is 0 Å². The minimum absolute atomic E-state index is 0.189. The van der Waals surface area contributed by atoms with Crippen molar-refractivity contribution in [2.45, 2.75) is 57.5 Å². The van der Waals surface area contributed by atoms with Crippen LogP contribution >= 0.6 is 11.8 Å². The van der Waals surface area contributed by atoms with Gasteiger partial charge in [-0.05, 0) is 18.1 Å². The van der Waals surface area contributed by atoms with Gasteiger partial charge in [0.2, 0.25) is 5.89 Å².